The SMILES string of the molecule is CC(=O)Nc1ccc(C=C(C)C)cc1.CC(C)=Cc1c[nH]c2ccccc12.CC(C)=Cc1ccc(N(C)C)c2ccccc12.CC(C)=Cc1ccc(N(C)C)cc1.CC(C)=Cc1ccc(OCCCN(C)C)cc1.CC(C)=Cc1ccccn1.CC(C)=Cc1cccnc1.CC(C)=Cc1ccco1.CC(C)=Cc1cn(Cc2ccccc2)c2ccccc12.CC(C)=Cc1nc[nH]c1C. The van der Waals surface area contributed by atoms with Crippen LogP contribution in [0.3, 0.4) is 0 Å². The first-order valence-corrected chi connectivity index (χ1v) is 45.6. The first-order valence-electron chi connectivity index (χ1n) is 45.6. The van der Waals surface area contributed by atoms with E-state index in [2.05, 4.69) is 429 Å². The number of carbonyl (C=O) groups excluding carboxylic acids is 1. The first kappa shape index (κ1) is 110. The van der Waals surface area contributed by atoms with Crippen molar-refractivity contribution >= 4 is 116 Å². The van der Waals surface area contributed by atoms with Crippen LogP contribution in [-0.2, 0) is 11.3 Å². The Labute approximate surface area is 798 Å². The Morgan fingerprint density at radius 2 is 0.932 bits per heavy atom. The van der Waals surface area contributed by atoms with Gasteiger partial charge in [-0.05, 0) is 319 Å². The fourth-order valence-electron chi connectivity index (χ4n) is 13.2. The molecular weight excluding hydrogens is 1630 g/mol. The van der Waals surface area contributed by atoms with Crippen molar-refractivity contribution in [3.05, 3.63) is 397 Å². The molecule has 0 aliphatic carbocycles. The van der Waals surface area contributed by atoms with Gasteiger partial charge in [0.1, 0.15) is 11.5 Å². The third-order valence-electron chi connectivity index (χ3n) is 18.8. The molecule has 0 aliphatic rings. The van der Waals surface area contributed by atoms with Gasteiger partial charge in [0.15, 0.2) is 0 Å². The Bertz CT molecular complexity index is 5990. The van der Waals surface area contributed by atoms with Crippen LogP contribution in [0.15, 0.2) is 334 Å². The average Bonchev–Trinajstić information content (AvgIpc) is 1.78. The second kappa shape index (κ2) is 60.2. The number of aromatic amines is 2. The highest BCUT2D eigenvalue weighted by molar-refractivity contribution is 6.00. The number of H-pyrrole nitrogens is 2. The number of nitrogens with zero attached hydrogens (tertiary/aromatic N) is 7. The number of anilines is 3. The molecule has 14 aromatic rings. The van der Waals surface area contributed by atoms with Gasteiger partial charge < -0.3 is 43.7 Å². The molecule has 0 radical (unpaired) electrons. The largest absolute Gasteiger partial charge is 0.494 e. The molecule has 0 saturated carbocycles. The van der Waals surface area contributed by atoms with Crippen molar-refractivity contribution in [1.82, 2.24) is 34.4 Å². The van der Waals surface area contributed by atoms with Crippen LogP contribution >= 0.6 is 0 Å². The van der Waals surface area contributed by atoms with Crippen LogP contribution in [0.1, 0.15) is 219 Å². The maximum Gasteiger partial charge on any atom is 0.221 e. The molecule has 0 spiro atoms. The number of para-hydroxylation sites is 2. The van der Waals surface area contributed by atoms with Crippen LogP contribution in [0.4, 0.5) is 17.1 Å². The van der Waals surface area contributed by atoms with Crippen molar-refractivity contribution < 1.29 is 13.9 Å². The minimum absolute atomic E-state index is 0.0417. The lowest BCUT2D eigenvalue weighted by Crippen LogP contribution is -2.15. The normalized spacial score (nSPS) is 9.87. The van der Waals surface area contributed by atoms with Crippen LogP contribution in [0.2, 0.25) is 0 Å². The number of benzene rings is 8. The Balaban J connectivity index is 0.000000264. The van der Waals surface area contributed by atoms with Crippen molar-refractivity contribution in [2.45, 2.75) is 165 Å². The molecule has 133 heavy (non-hydrogen) atoms. The van der Waals surface area contributed by atoms with Crippen molar-refractivity contribution in [1.29, 1.82) is 0 Å². The van der Waals surface area contributed by atoms with Crippen molar-refractivity contribution in [2.75, 3.05) is 70.6 Å². The number of ether oxygens (including phenoxy) is 1. The lowest BCUT2D eigenvalue weighted by atomic mass is 10.0. The second-order valence-electron chi connectivity index (χ2n) is 35.7. The predicted octanol–water partition coefficient (Wildman–Crippen LogP) is 32.6. The molecule has 13 heteroatoms. The number of furan rings is 1. The van der Waals surface area contributed by atoms with Crippen LogP contribution < -0.4 is 19.9 Å². The summed E-state index contributed by atoms with van der Waals surface area (Å²) in [6.07, 6.45) is 35.5. The summed E-state index contributed by atoms with van der Waals surface area (Å²) in [5.74, 6) is 1.84. The summed E-state index contributed by atoms with van der Waals surface area (Å²) < 4.78 is 13.1. The van der Waals surface area contributed by atoms with E-state index in [0.717, 1.165) is 66.0 Å². The number of imidazole rings is 1. The summed E-state index contributed by atoms with van der Waals surface area (Å²) in [4.78, 5) is 35.7. The third kappa shape index (κ3) is 45.5. The maximum atomic E-state index is 10.8. The zero-order valence-corrected chi connectivity index (χ0v) is 84.9. The van der Waals surface area contributed by atoms with Crippen molar-refractivity contribution in [3.63, 3.8) is 0 Å². The highest BCUT2D eigenvalue weighted by Gasteiger charge is 2.09. The highest BCUT2D eigenvalue weighted by Crippen LogP contribution is 2.31. The monoisotopic (exact) mass is 1780 g/mol. The number of pyridine rings is 2. The number of amides is 1. The van der Waals surface area contributed by atoms with E-state index in [1.807, 2.05) is 118 Å². The molecule has 8 aromatic carbocycles. The van der Waals surface area contributed by atoms with E-state index in [0.29, 0.717) is 0 Å². The number of hydrogen-bond acceptors (Lipinski definition) is 9. The number of aryl methyl sites for hydroxylation is 1. The van der Waals surface area contributed by atoms with Gasteiger partial charge in [-0.2, -0.15) is 0 Å². The van der Waals surface area contributed by atoms with E-state index in [1.54, 1.807) is 25.0 Å². The van der Waals surface area contributed by atoms with Gasteiger partial charge in [-0.15, -0.1) is 0 Å². The molecule has 0 unspecified atom stereocenters. The Morgan fingerprint density at radius 3 is 1.44 bits per heavy atom. The smallest absolute Gasteiger partial charge is 0.221 e. The quantitative estimate of drug-likeness (QED) is 0.0637. The lowest BCUT2D eigenvalue weighted by molar-refractivity contribution is -0.114. The van der Waals surface area contributed by atoms with Gasteiger partial charge in [0.25, 0.3) is 0 Å². The van der Waals surface area contributed by atoms with Gasteiger partial charge in [-0.1, -0.05) is 244 Å². The molecule has 0 atom stereocenters. The molecule has 698 valence electrons. The predicted molar refractivity (Wildman–Crippen MR) is 584 cm³/mol. The number of carbonyl (C=O) groups is 1. The van der Waals surface area contributed by atoms with Gasteiger partial charge in [-0.25, -0.2) is 4.98 Å². The number of fused-ring (bicyclic) bond motifs is 3. The van der Waals surface area contributed by atoms with Gasteiger partial charge in [-0.3, -0.25) is 14.8 Å². The molecule has 3 N–H and O–H groups in total. The number of nitrogens with one attached hydrogen (secondary N) is 3. The minimum Gasteiger partial charge on any atom is -0.494 e. The first-order chi connectivity index (χ1) is 63.4. The van der Waals surface area contributed by atoms with Crippen LogP contribution in [0.25, 0.3) is 93.3 Å². The average molecular weight is 1780 g/mol. The fraction of sp³-hybridized carbons (Fsp3) is 0.267. The Hall–Kier alpha value is -13.9. The van der Waals surface area contributed by atoms with E-state index in [4.69, 9.17) is 9.15 Å². The standard InChI is InChI=1S/C19H19N.C16H19N.C15H23NO.C12H15NO.C12H13N.C12H17N.2C9H11N.C8H12N2.C8H10O/c1-15(2)12-17-14-20(13-16-8-4-3-5-9-16)19-11-7-6-10-18(17)19;1-12(2)11-13-9-10-16(17(3)4)15-8-6-5-7-14(13)15;1-13(2)12-14-6-8-15(9-7-14)17-11-5-10-16(3)4;1-9(2)8-11-4-6-12(7-5-11)13-10(3)14;1-9(2)7-10-8-13-12-6-4-3-5-11(10)12;1-10(2)9-11-5-7-12(8-6-11)13(3)4;1-8(2)6-9-4-3-5-10-7-9;1-8(2)7-9-5-3-4-6-10-9;1-6(2)4-8-7(3)9-5-10-8;1-7(2)6-8-4-3-5-9-8/h3-12,14H,13H2,1-2H3;5-11H,1-4H3;6-9,12H,5,10-11H2,1-4H3;4-8H,1-3H3,(H,13,14);3-8,13H,1-2H3;5-9H,1-4H3;2*3-7H,1-2H3;4-5H,1-3H3,(H,9,10);3-6H,1-2H3. The van der Waals surface area contributed by atoms with Crippen LogP contribution in [0.5, 0.6) is 5.75 Å². The highest BCUT2D eigenvalue weighted by atomic mass is 16.5. The molecule has 0 bridgehead atoms. The molecule has 6 aromatic heterocycles. The van der Waals surface area contributed by atoms with E-state index in [9.17, 15) is 4.79 Å². The topological polar surface area (TPSA) is 136 Å². The summed E-state index contributed by atoms with van der Waals surface area (Å²) in [5.41, 5.74) is 32.0. The molecule has 0 fully saturated rings. The molecule has 14 rings (SSSR count). The van der Waals surface area contributed by atoms with E-state index in [-0.39, 0.29) is 5.91 Å². The van der Waals surface area contributed by atoms with Gasteiger partial charge in [0.2, 0.25) is 5.91 Å². The lowest BCUT2D eigenvalue weighted by Gasteiger charge is -2.16. The zero-order chi connectivity index (χ0) is 97.7. The second-order valence-corrected chi connectivity index (χ2v) is 35.7. The summed E-state index contributed by atoms with van der Waals surface area (Å²) in [6, 6.07) is 78.8. The number of rotatable bonds is 20. The van der Waals surface area contributed by atoms with Gasteiger partial charge >= 0.3 is 0 Å². The summed E-state index contributed by atoms with van der Waals surface area (Å²) in [5, 5.41) is 7.98. The minimum atomic E-state index is -0.0417. The number of hydrogen-bond donors (Lipinski definition) is 3. The molecule has 13 nitrogen and oxygen atoms in total. The maximum absolute atomic E-state index is 10.8. The molecular formula is C120H150N10O3. The van der Waals surface area contributed by atoms with Crippen molar-refractivity contribution in [3.8, 4) is 5.75 Å². The summed E-state index contributed by atoms with van der Waals surface area (Å²) in [7, 11) is 12.4. The summed E-state index contributed by atoms with van der Waals surface area (Å²) in [6.45, 7) is 48.1. The van der Waals surface area contributed by atoms with Crippen molar-refractivity contribution in [2.24, 2.45) is 0 Å². The third-order valence-corrected chi connectivity index (χ3v) is 18.8. The van der Waals surface area contributed by atoms with Gasteiger partial charge in [0.05, 0.1) is 30.6 Å². The molecule has 6 heterocycles. The summed E-state index contributed by atoms with van der Waals surface area (Å²) >= 11 is 0. The van der Waals surface area contributed by atoms with E-state index >= 15 is 0 Å². The van der Waals surface area contributed by atoms with Crippen LogP contribution in [-0.4, -0.2) is 95.7 Å². The fourth-order valence-corrected chi connectivity index (χ4v) is 13.2. The number of allylic oxidation sites excluding steroid dienone is 10. The van der Waals surface area contributed by atoms with Crippen LogP contribution in [0, 0.1) is 6.92 Å². The molecule has 1 amide bonds. The molecule has 0 aliphatic heterocycles. The zero-order valence-electron chi connectivity index (χ0n) is 84.9. The Morgan fingerprint density at radius 1 is 0.421 bits per heavy atom. The number of aromatic nitrogens is 6. The van der Waals surface area contributed by atoms with Gasteiger partial charge in [0, 0.05) is 129 Å². The van der Waals surface area contributed by atoms with E-state index in [1.165, 1.54) is 146 Å². The van der Waals surface area contributed by atoms with E-state index < -0.39 is 0 Å². The Kier molecular flexibility index (Phi) is 49.6. The molecule has 0 saturated heterocycles.